The zero-order valence-corrected chi connectivity index (χ0v) is 17.1. The summed E-state index contributed by atoms with van der Waals surface area (Å²) >= 11 is 6.13. The van der Waals surface area contributed by atoms with Crippen LogP contribution in [-0.4, -0.2) is 5.91 Å². The van der Waals surface area contributed by atoms with Gasteiger partial charge in [0.05, 0.1) is 11.6 Å². The molecule has 0 spiro atoms. The first kappa shape index (κ1) is 20.0. The molecule has 0 saturated heterocycles. The molecule has 28 heavy (non-hydrogen) atoms. The lowest BCUT2D eigenvalue weighted by Gasteiger charge is -2.17. The van der Waals surface area contributed by atoms with E-state index >= 15 is 0 Å². The van der Waals surface area contributed by atoms with Crippen LogP contribution in [0, 0.1) is 13.8 Å². The van der Waals surface area contributed by atoms with Crippen LogP contribution in [0.5, 0.6) is 5.75 Å². The molecule has 0 heterocycles. The number of halogens is 1. The van der Waals surface area contributed by atoms with Crippen LogP contribution in [0.15, 0.2) is 66.7 Å². The average Bonchev–Trinajstić information content (AvgIpc) is 2.69. The number of hydrogen-bond donors (Lipinski definition) is 1. The van der Waals surface area contributed by atoms with Gasteiger partial charge < -0.3 is 10.1 Å². The smallest absolute Gasteiger partial charge is 0.255 e. The Kier molecular flexibility index (Phi) is 6.37. The second-order valence-corrected chi connectivity index (χ2v) is 7.39. The third-order valence-corrected chi connectivity index (χ3v) is 5.04. The molecule has 4 heteroatoms. The van der Waals surface area contributed by atoms with Gasteiger partial charge >= 0.3 is 0 Å². The van der Waals surface area contributed by atoms with Gasteiger partial charge in [0, 0.05) is 5.02 Å². The summed E-state index contributed by atoms with van der Waals surface area (Å²) in [4.78, 5) is 12.9. The summed E-state index contributed by atoms with van der Waals surface area (Å²) < 4.78 is 5.90. The number of rotatable bonds is 6. The normalized spacial score (nSPS) is 11.7. The van der Waals surface area contributed by atoms with Gasteiger partial charge in [0.25, 0.3) is 5.91 Å². The molecule has 3 rings (SSSR count). The van der Waals surface area contributed by atoms with Gasteiger partial charge in [-0.3, -0.25) is 4.79 Å². The number of hydrogen-bond acceptors (Lipinski definition) is 2. The highest BCUT2D eigenvalue weighted by Crippen LogP contribution is 2.25. The maximum Gasteiger partial charge on any atom is 0.255 e. The maximum atomic E-state index is 12.9. The molecule has 0 bridgehead atoms. The van der Waals surface area contributed by atoms with Gasteiger partial charge in [-0.1, -0.05) is 60.1 Å². The van der Waals surface area contributed by atoms with Crippen molar-refractivity contribution in [1.82, 2.24) is 5.32 Å². The van der Waals surface area contributed by atoms with Gasteiger partial charge in [0.15, 0.2) is 0 Å². The van der Waals surface area contributed by atoms with Gasteiger partial charge in [-0.15, -0.1) is 0 Å². The van der Waals surface area contributed by atoms with Crippen molar-refractivity contribution in [3.05, 3.63) is 99.6 Å². The van der Waals surface area contributed by atoms with Crippen LogP contribution in [0.3, 0.4) is 0 Å². The van der Waals surface area contributed by atoms with E-state index in [-0.39, 0.29) is 11.9 Å². The molecular weight excluding hydrogens is 370 g/mol. The van der Waals surface area contributed by atoms with Crippen molar-refractivity contribution < 1.29 is 9.53 Å². The molecule has 1 N–H and O–H groups in total. The van der Waals surface area contributed by atoms with Crippen LogP contribution in [0.1, 0.15) is 45.6 Å². The van der Waals surface area contributed by atoms with Gasteiger partial charge in [0.2, 0.25) is 0 Å². The Labute approximate surface area is 171 Å². The van der Waals surface area contributed by atoms with Crippen LogP contribution in [0.25, 0.3) is 0 Å². The second-order valence-electron chi connectivity index (χ2n) is 6.95. The van der Waals surface area contributed by atoms with E-state index in [2.05, 4.69) is 31.3 Å². The van der Waals surface area contributed by atoms with Crippen LogP contribution in [0.4, 0.5) is 0 Å². The lowest BCUT2D eigenvalue weighted by molar-refractivity contribution is 0.0935. The molecule has 0 aliphatic heterocycles. The number of benzene rings is 3. The van der Waals surface area contributed by atoms with Gasteiger partial charge in [-0.2, -0.15) is 0 Å². The van der Waals surface area contributed by atoms with Crippen molar-refractivity contribution in [3.8, 4) is 5.75 Å². The summed E-state index contributed by atoms with van der Waals surface area (Å²) in [5, 5.41) is 3.54. The summed E-state index contributed by atoms with van der Waals surface area (Å²) in [6, 6.07) is 21.0. The van der Waals surface area contributed by atoms with Gasteiger partial charge in [0.1, 0.15) is 12.4 Å². The van der Waals surface area contributed by atoms with E-state index < -0.39 is 0 Å². The first-order valence-corrected chi connectivity index (χ1v) is 9.66. The van der Waals surface area contributed by atoms with E-state index in [1.54, 1.807) is 18.2 Å². The Morgan fingerprint density at radius 1 is 1.00 bits per heavy atom. The molecular formula is C24H24ClNO2. The predicted molar refractivity (Wildman–Crippen MR) is 114 cm³/mol. The molecule has 0 radical (unpaired) electrons. The number of aryl methyl sites for hydroxylation is 2. The number of ether oxygens (including phenoxy) is 1. The zero-order chi connectivity index (χ0) is 20.1. The molecule has 3 aromatic carbocycles. The van der Waals surface area contributed by atoms with E-state index in [9.17, 15) is 4.79 Å². The first-order valence-electron chi connectivity index (χ1n) is 9.28. The van der Waals surface area contributed by atoms with E-state index in [0.717, 1.165) is 11.1 Å². The third kappa shape index (κ3) is 4.93. The molecule has 0 aliphatic carbocycles. The third-order valence-electron chi connectivity index (χ3n) is 4.80. The van der Waals surface area contributed by atoms with Gasteiger partial charge in [-0.05, 0) is 61.2 Å². The molecule has 0 aromatic heterocycles. The molecule has 1 unspecified atom stereocenters. The number of nitrogens with one attached hydrogen (secondary N) is 1. The monoisotopic (exact) mass is 393 g/mol. The summed E-state index contributed by atoms with van der Waals surface area (Å²) in [5.74, 6) is 0.300. The standard InChI is InChI=1S/C24H24ClNO2/c1-16-9-10-20(13-17(16)2)18(3)26-24(27)22-14-21(25)11-12-23(22)28-15-19-7-5-4-6-8-19/h4-14,18H,15H2,1-3H3,(H,26,27). The van der Waals surface area contributed by atoms with Crippen LogP contribution in [0.2, 0.25) is 5.02 Å². The minimum Gasteiger partial charge on any atom is -0.488 e. The van der Waals surface area contributed by atoms with Crippen molar-refractivity contribution in [2.45, 2.75) is 33.4 Å². The molecule has 0 saturated carbocycles. The van der Waals surface area contributed by atoms with E-state index in [0.29, 0.717) is 22.9 Å². The van der Waals surface area contributed by atoms with Crippen LogP contribution < -0.4 is 10.1 Å². The highest BCUT2D eigenvalue weighted by molar-refractivity contribution is 6.31. The fourth-order valence-electron chi connectivity index (χ4n) is 2.93. The highest BCUT2D eigenvalue weighted by atomic mass is 35.5. The summed E-state index contributed by atoms with van der Waals surface area (Å²) in [5.41, 5.74) is 4.96. The Morgan fingerprint density at radius 3 is 2.46 bits per heavy atom. The molecule has 0 fully saturated rings. The van der Waals surface area contributed by atoms with Crippen molar-refractivity contribution in [2.24, 2.45) is 0 Å². The quantitative estimate of drug-likeness (QED) is 0.555. The molecule has 0 aliphatic rings. The highest BCUT2D eigenvalue weighted by Gasteiger charge is 2.17. The second kappa shape index (κ2) is 8.94. The van der Waals surface area contributed by atoms with Crippen molar-refractivity contribution in [1.29, 1.82) is 0 Å². The van der Waals surface area contributed by atoms with Crippen LogP contribution in [-0.2, 0) is 6.61 Å². The van der Waals surface area contributed by atoms with Crippen LogP contribution >= 0.6 is 11.6 Å². The molecule has 1 atom stereocenters. The topological polar surface area (TPSA) is 38.3 Å². The fraction of sp³-hybridized carbons (Fsp3) is 0.208. The largest absolute Gasteiger partial charge is 0.488 e. The zero-order valence-electron chi connectivity index (χ0n) is 16.3. The Hall–Kier alpha value is -2.78. The minimum atomic E-state index is -0.212. The molecule has 3 aromatic rings. The predicted octanol–water partition coefficient (Wildman–Crippen LogP) is 6.03. The summed E-state index contributed by atoms with van der Waals surface area (Å²) in [6.07, 6.45) is 0. The van der Waals surface area contributed by atoms with Gasteiger partial charge in [-0.25, -0.2) is 0 Å². The Bertz CT molecular complexity index is 970. The average molecular weight is 394 g/mol. The number of carbonyl (C=O) groups excluding carboxylic acids is 1. The SMILES string of the molecule is Cc1ccc(C(C)NC(=O)c2cc(Cl)ccc2OCc2ccccc2)cc1C. The lowest BCUT2D eigenvalue weighted by Crippen LogP contribution is -2.27. The van der Waals surface area contributed by atoms with E-state index in [1.165, 1.54) is 11.1 Å². The summed E-state index contributed by atoms with van der Waals surface area (Å²) in [7, 11) is 0. The number of amides is 1. The van der Waals surface area contributed by atoms with E-state index in [4.69, 9.17) is 16.3 Å². The Balaban J connectivity index is 1.76. The fourth-order valence-corrected chi connectivity index (χ4v) is 3.10. The number of carbonyl (C=O) groups is 1. The van der Waals surface area contributed by atoms with E-state index in [1.807, 2.05) is 43.3 Å². The molecule has 144 valence electrons. The maximum absolute atomic E-state index is 12.9. The van der Waals surface area contributed by atoms with Crippen molar-refractivity contribution in [3.63, 3.8) is 0 Å². The summed E-state index contributed by atoms with van der Waals surface area (Å²) in [6.45, 7) is 6.50. The molecule has 3 nitrogen and oxygen atoms in total. The first-order chi connectivity index (χ1) is 13.4. The minimum absolute atomic E-state index is 0.132. The van der Waals surface area contributed by atoms with Crippen molar-refractivity contribution in [2.75, 3.05) is 0 Å². The van der Waals surface area contributed by atoms with Crippen molar-refractivity contribution >= 4 is 17.5 Å². The Morgan fingerprint density at radius 2 is 1.75 bits per heavy atom. The molecule has 1 amide bonds. The lowest BCUT2D eigenvalue weighted by atomic mass is 10.0.